The fraction of sp³-hybridized carbons (Fsp3) is 0.444. The summed E-state index contributed by atoms with van der Waals surface area (Å²) in [5, 5.41) is 16.9. The van der Waals surface area contributed by atoms with Crippen molar-refractivity contribution in [2.24, 2.45) is 0 Å². The number of aromatic amines is 1. The largest absolute Gasteiger partial charge is 0.441 e. The predicted molar refractivity (Wildman–Crippen MR) is 102 cm³/mol. The number of nitrogens with zero attached hydrogens (tertiary/aromatic N) is 4. The fourth-order valence-electron chi connectivity index (χ4n) is 3.15. The summed E-state index contributed by atoms with van der Waals surface area (Å²) in [6.45, 7) is 5.45. The lowest BCUT2D eigenvalue weighted by atomic mass is 10.1. The molecule has 4 heterocycles. The number of hydrogen-bond acceptors (Lipinski definition) is 7. The van der Waals surface area contributed by atoms with Crippen LogP contribution in [0.25, 0.3) is 5.52 Å². The molecule has 3 atom stereocenters. The van der Waals surface area contributed by atoms with Gasteiger partial charge in [-0.25, -0.2) is 18.7 Å². The molecule has 1 amide bonds. The van der Waals surface area contributed by atoms with Crippen molar-refractivity contribution in [3.63, 3.8) is 0 Å². The van der Waals surface area contributed by atoms with Crippen LogP contribution >= 0.6 is 0 Å². The molecule has 0 radical (unpaired) electrons. The van der Waals surface area contributed by atoms with Crippen LogP contribution in [0.3, 0.4) is 0 Å². The minimum absolute atomic E-state index is 0.0326. The zero-order valence-electron chi connectivity index (χ0n) is 16.2. The smallest absolute Gasteiger partial charge is 0.407 e. The van der Waals surface area contributed by atoms with Gasteiger partial charge < -0.3 is 20.1 Å². The number of alkyl halides is 1. The number of ether oxygens (including phenoxy) is 2. The third kappa shape index (κ3) is 3.99. The number of aromatic nitrogens is 5. The Kier molecular flexibility index (Phi) is 5.05. The Morgan fingerprint density at radius 1 is 1.45 bits per heavy atom. The molecule has 1 aliphatic rings. The number of carbonyl (C=O) groups excluding carboxylic acids is 1. The van der Waals surface area contributed by atoms with E-state index in [0.717, 1.165) is 11.2 Å². The van der Waals surface area contributed by atoms with Gasteiger partial charge in [0.25, 0.3) is 0 Å². The summed E-state index contributed by atoms with van der Waals surface area (Å²) < 4.78 is 27.1. The molecule has 3 aromatic heterocycles. The summed E-state index contributed by atoms with van der Waals surface area (Å²) in [6, 6.07) is 3.44. The minimum atomic E-state index is -1.51. The van der Waals surface area contributed by atoms with Gasteiger partial charge >= 0.3 is 6.09 Å². The van der Waals surface area contributed by atoms with Gasteiger partial charge in [0.05, 0.1) is 18.0 Å². The molecular formula is C18H22FN7O3. The van der Waals surface area contributed by atoms with E-state index in [9.17, 15) is 9.18 Å². The second kappa shape index (κ2) is 7.66. The van der Waals surface area contributed by atoms with Crippen LogP contribution in [0.4, 0.5) is 20.8 Å². The van der Waals surface area contributed by atoms with E-state index in [-0.39, 0.29) is 12.6 Å². The van der Waals surface area contributed by atoms with Crippen molar-refractivity contribution in [2.45, 2.75) is 45.2 Å². The zero-order valence-corrected chi connectivity index (χ0v) is 16.2. The molecule has 0 spiro atoms. The standard InChI is InChI=1S/C18H22FN7O3/c1-9(2)21-18(27)29-13-8-28-16(15(13)19)11-7-14(24-23-11)22-17-12-6-10(3)25-26(12)5-4-20-17/h4-7,9,13,15-16H,8H2,1-3H3,(H,21,27)(H2,20,22,23,24)/t13-,15+,16-/m1/s1. The lowest BCUT2D eigenvalue weighted by molar-refractivity contribution is 0.0615. The van der Waals surface area contributed by atoms with Crippen molar-refractivity contribution >= 4 is 23.2 Å². The van der Waals surface area contributed by atoms with Crippen molar-refractivity contribution < 1.29 is 18.7 Å². The Bertz CT molecular complexity index is 1020. The van der Waals surface area contributed by atoms with Gasteiger partial charge in [-0.2, -0.15) is 10.2 Å². The Morgan fingerprint density at radius 3 is 3.07 bits per heavy atom. The number of alkyl carbamates (subject to hydrolysis) is 1. The van der Waals surface area contributed by atoms with E-state index in [1.165, 1.54) is 0 Å². The summed E-state index contributed by atoms with van der Waals surface area (Å²) in [6.07, 6.45) is -0.699. The number of fused-ring (bicyclic) bond motifs is 1. The van der Waals surface area contributed by atoms with Gasteiger partial charge in [0, 0.05) is 24.5 Å². The Labute approximate surface area is 165 Å². The van der Waals surface area contributed by atoms with Crippen molar-refractivity contribution in [2.75, 3.05) is 11.9 Å². The number of H-pyrrole nitrogens is 1. The quantitative estimate of drug-likeness (QED) is 0.599. The SMILES string of the molecule is Cc1cc2c(Nc3cc([C@H]4OC[C@@H](OC(=O)NC(C)C)[C@@H]4F)[nH]n3)nccn2n1. The van der Waals surface area contributed by atoms with E-state index in [1.807, 2.05) is 13.0 Å². The minimum Gasteiger partial charge on any atom is -0.441 e. The molecule has 1 fully saturated rings. The molecule has 0 unspecified atom stereocenters. The van der Waals surface area contributed by atoms with Gasteiger partial charge in [-0.15, -0.1) is 0 Å². The van der Waals surface area contributed by atoms with Crippen molar-refractivity contribution in [3.8, 4) is 0 Å². The van der Waals surface area contributed by atoms with Gasteiger partial charge in [0.15, 0.2) is 23.9 Å². The van der Waals surface area contributed by atoms with Crippen molar-refractivity contribution in [1.82, 2.24) is 30.1 Å². The summed E-state index contributed by atoms with van der Waals surface area (Å²) in [7, 11) is 0. The maximum absolute atomic E-state index is 14.8. The van der Waals surface area contributed by atoms with E-state index >= 15 is 0 Å². The second-order valence-electron chi connectivity index (χ2n) is 7.17. The van der Waals surface area contributed by atoms with Crippen LogP contribution in [0.1, 0.15) is 31.3 Å². The van der Waals surface area contributed by atoms with Gasteiger partial charge in [0.2, 0.25) is 0 Å². The number of aryl methyl sites for hydroxylation is 1. The molecular weight excluding hydrogens is 381 g/mol. The number of hydrogen-bond donors (Lipinski definition) is 3. The molecule has 3 N–H and O–H groups in total. The average Bonchev–Trinajstić information content (AvgIpc) is 3.34. The van der Waals surface area contributed by atoms with Crippen LogP contribution in [-0.4, -0.2) is 55.8 Å². The van der Waals surface area contributed by atoms with Crippen LogP contribution in [-0.2, 0) is 9.47 Å². The highest BCUT2D eigenvalue weighted by Crippen LogP contribution is 2.33. The van der Waals surface area contributed by atoms with E-state index < -0.39 is 24.5 Å². The van der Waals surface area contributed by atoms with Crippen LogP contribution < -0.4 is 10.6 Å². The van der Waals surface area contributed by atoms with Crippen molar-refractivity contribution in [1.29, 1.82) is 0 Å². The Hall–Kier alpha value is -3.21. The number of rotatable bonds is 5. The summed E-state index contributed by atoms with van der Waals surface area (Å²) >= 11 is 0. The van der Waals surface area contributed by atoms with E-state index in [1.54, 1.807) is 36.8 Å². The van der Waals surface area contributed by atoms with E-state index in [2.05, 4.69) is 30.9 Å². The highest BCUT2D eigenvalue weighted by atomic mass is 19.1. The first kappa shape index (κ1) is 19.1. The second-order valence-corrected chi connectivity index (χ2v) is 7.17. The number of anilines is 2. The number of halogens is 1. The van der Waals surface area contributed by atoms with Crippen LogP contribution in [0.2, 0.25) is 0 Å². The average molecular weight is 403 g/mol. The van der Waals surface area contributed by atoms with Crippen molar-refractivity contribution in [3.05, 3.63) is 35.9 Å². The topological polar surface area (TPSA) is 118 Å². The van der Waals surface area contributed by atoms with E-state index in [0.29, 0.717) is 17.3 Å². The molecule has 0 bridgehead atoms. The molecule has 29 heavy (non-hydrogen) atoms. The third-order valence-corrected chi connectivity index (χ3v) is 4.41. The number of nitrogens with one attached hydrogen (secondary N) is 3. The highest BCUT2D eigenvalue weighted by molar-refractivity contribution is 5.72. The first-order valence-corrected chi connectivity index (χ1v) is 9.27. The Morgan fingerprint density at radius 2 is 2.28 bits per heavy atom. The van der Waals surface area contributed by atoms with Crippen LogP contribution in [0.15, 0.2) is 24.5 Å². The molecule has 10 nitrogen and oxygen atoms in total. The van der Waals surface area contributed by atoms with Gasteiger partial charge in [-0.3, -0.25) is 5.10 Å². The molecule has 11 heteroatoms. The highest BCUT2D eigenvalue weighted by Gasteiger charge is 2.42. The first-order valence-electron chi connectivity index (χ1n) is 9.27. The maximum Gasteiger partial charge on any atom is 0.407 e. The molecule has 4 rings (SSSR count). The van der Waals surface area contributed by atoms with Gasteiger partial charge in [0.1, 0.15) is 11.6 Å². The lowest BCUT2D eigenvalue weighted by Crippen LogP contribution is -2.36. The maximum atomic E-state index is 14.8. The van der Waals surface area contributed by atoms with Crippen LogP contribution in [0, 0.1) is 6.92 Å². The molecule has 0 aliphatic carbocycles. The molecule has 1 aliphatic heterocycles. The molecule has 154 valence electrons. The van der Waals surface area contributed by atoms with E-state index in [4.69, 9.17) is 9.47 Å². The van der Waals surface area contributed by atoms with Gasteiger partial charge in [-0.05, 0) is 26.8 Å². The zero-order chi connectivity index (χ0) is 20.5. The van der Waals surface area contributed by atoms with Crippen LogP contribution in [0.5, 0.6) is 0 Å². The summed E-state index contributed by atoms with van der Waals surface area (Å²) in [5.74, 6) is 1.03. The molecule has 0 saturated carbocycles. The first-order chi connectivity index (χ1) is 13.9. The van der Waals surface area contributed by atoms with Gasteiger partial charge in [-0.1, -0.05) is 0 Å². The predicted octanol–water partition coefficient (Wildman–Crippen LogP) is 2.42. The monoisotopic (exact) mass is 403 g/mol. The molecule has 3 aromatic rings. The number of amides is 1. The number of carbonyl (C=O) groups is 1. The lowest BCUT2D eigenvalue weighted by Gasteiger charge is -2.16. The molecule has 1 saturated heterocycles. The third-order valence-electron chi connectivity index (χ3n) is 4.41. The summed E-state index contributed by atoms with van der Waals surface area (Å²) in [5.41, 5.74) is 2.09. The summed E-state index contributed by atoms with van der Waals surface area (Å²) in [4.78, 5) is 16.0. The fourth-order valence-corrected chi connectivity index (χ4v) is 3.15. The normalized spacial score (nSPS) is 21.6. The Balaban J connectivity index is 1.44. The molecule has 0 aromatic carbocycles.